The van der Waals surface area contributed by atoms with E-state index in [1.165, 1.54) is 110 Å². The molecule has 4 nitrogen and oxygen atoms in total. The van der Waals surface area contributed by atoms with Gasteiger partial charge in [0.2, 0.25) is 0 Å². The second-order valence-electron chi connectivity index (χ2n) is 11.4. The van der Waals surface area contributed by atoms with E-state index in [0.29, 0.717) is 11.0 Å². The Morgan fingerprint density at radius 2 is 1.39 bits per heavy atom. The normalized spacial score (nSPS) is 30.1. The Hall–Kier alpha value is -0.160. The van der Waals surface area contributed by atoms with Gasteiger partial charge in [-0.2, -0.15) is 0 Å². The molecule has 4 rings (SSSR count). The summed E-state index contributed by atoms with van der Waals surface area (Å²) in [5.41, 5.74) is 1.04. The number of piperidine rings is 2. The fourth-order valence-electron chi connectivity index (χ4n) is 6.48. The Labute approximate surface area is 174 Å². The number of likely N-dealkylation sites (tertiary alicyclic amines) is 1. The van der Waals surface area contributed by atoms with Gasteiger partial charge in [0.1, 0.15) is 0 Å². The summed E-state index contributed by atoms with van der Waals surface area (Å²) in [5.74, 6) is 0.956. The molecule has 0 aromatic rings. The van der Waals surface area contributed by atoms with E-state index in [4.69, 9.17) is 0 Å². The van der Waals surface area contributed by atoms with Crippen LogP contribution in [0.5, 0.6) is 0 Å². The van der Waals surface area contributed by atoms with Gasteiger partial charge in [-0.25, -0.2) is 0 Å². The zero-order valence-electron chi connectivity index (χ0n) is 19.0. The number of nitrogens with zero attached hydrogens (tertiary/aromatic N) is 3. The van der Waals surface area contributed by atoms with Crippen LogP contribution in [0.1, 0.15) is 72.1 Å². The van der Waals surface area contributed by atoms with Gasteiger partial charge < -0.3 is 10.2 Å². The van der Waals surface area contributed by atoms with Crippen molar-refractivity contribution >= 4 is 0 Å². The third-order valence-electron chi connectivity index (χ3n) is 8.69. The van der Waals surface area contributed by atoms with Gasteiger partial charge in [-0.3, -0.25) is 9.80 Å². The lowest BCUT2D eigenvalue weighted by molar-refractivity contribution is -0.000916. The maximum atomic E-state index is 3.51. The predicted octanol–water partition coefficient (Wildman–Crippen LogP) is 3.43. The first kappa shape index (κ1) is 21.1. The molecule has 3 saturated heterocycles. The molecule has 1 aliphatic carbocycles. The van der Waals surface area contributed by atoms with Crippen LogP contribution in [0.2, 0.25) is 0 Å². The first-order valence-electron chi connectivity index (χ1n) is 12.4. The van der Waals surface area contributed by atoms with E-state index in [0.717, 1.165) is 12.0 Å². The number of hydrogen-bond acceptors (Lipinski definition) is 4. The van der Waals surface area contributed by atoms with Crippen molar-refractivity contribution in [2.45, 2.75) is 83.7 Å². The minimum atomic E-state index is 0.338. The van der Waals surface area contributed by atoms with Gasteiger partial charge in [-0.1, -0.05) is 0 Å². The van der Waals surface area contributed by atoms with Crippen molar-refractivity contribution < 1.29 is 0 Å². The summed E-state index contributed by atoms with van der Waals surface area (Å²) in [7, 11) is 0. The number of hydrogen-bond donors (Lipinski definition) is 1. The molecule has 0 unspecified atom stereocenters. The molecule has 0 bridgehead atoms. The van der Waals surface area contributed by atoms with Crippen LogP contribution in [-0.2, 0) is 0 Å². The lowest BCUT2D eigenvalue weighted by atomic mass is 9.66. The zero-order chi connectivity index (χ0) is 19.6. The second-order valence-corrected chi connectivity index (χ2v) is 11.4. The van der Waals surface area contributed by atoms with E-state index < -0.39 is 0 Å². The Kier molecular flexibility index (Phi) is 6.71. The summed E-state index contributed by atoms with van der Waals surface area (Å²) in [5, 5.41) is 3.51. The quantitative estimate of drug-likeness (QED) is 0.797. The minimum absolute atomic E-state index is 0.338. The van der Waals surface area contributed by atoms with Crippen LogP contribution >= 0.6 is 0 Å². The van der Waals surface area contributed by atoms with Gasteiger partial charge in [-0.05, 0) is 110 Å². The van der Waals surface area contributed by atoms with Crippen molar-refractivity contribution in [1.29, 1.82) is 0 Å². The van der Waals surface area contributed by atoms with Crippen molar-refractivity contribution in [1.82, 2.24) is 20.0 Å². The first-order valence-corrected chi connectivity index (χ1v) is 12.4. The second kappa shape index (κ2) is 8.91. The lowest BCUT2D eigenvalue weighted by Crippen LogP contribution is -2.56. The highest BCUT2D eigenvalue weighted by molar-refractivity contribution is 4.94. The van der Waals surface area contributed by atoms with E-state index in [1.54, 1.807) is 0 Å². The molecular formula is C24H46N4. The van der Waals surface area contributed by atoms with Gasteiger partial charge in [0, 0.05) is 44.3 Å². The summed E-state index contributed by atoms with van der Waals surface area (Å²) in [6.45, 7) is 18.8. The summed E-state index contributed by atoms with van der Waals surface area (Å²) >= 11 is 0. The average molecular weight is 391 g/mol. The standard InChI is InChI=1S/C24H46N4/c1-23(2,3)28-18-16-27(17-19-28)22-4-8-24(9-5-22)10-14-26(15-11-24)20-21-6-12-25-13-7-21/h21-22,25H,4-20H2,1-3H3. The molecule has 0 amide bonds. The zero-order valence-corrected chi connectivity index (χ0v) is 19.0. The molecule has 0 aromatic heterocycles. The third-order valence-corrected chi connectivity index (χ3v) is 8.69. The summed E-state index contributed by atoms with van der Waals surface area (Å²) < 4.78 is 0. The summed E-state index contributed by atoms with van der Waals surface area (Å²) in [4.78, 5) is 8.31. The van der Waals surface area contributed by atoms with Gasteiger partial charge in [0.25, 0.3) is 0 Å². The Balaban J connectivity index is 1.18. The van der Waals surface area contributed by atoms with E-state index in [9.17, 15) is 0 Å². The maximum Gasteiger partial charge on any atom is 0.0126 e. The third kappa shape index (κ3) is 5.11. The fourth-order valence-corrected chi connectivity index (χ4v) is 6.48. The predicted molar refractivity (Wildman–Crippen MR) is 119 cm³/mol. The molecule has 0 aromatic carbocycles. The molecule has 3 heterocycles. The smallest absolute Gasteiger partial charge is 0.0126 e. The Morgan fingerprint density at radius 3 is 1.96 bits per heavy atom. The fraction of sp³-hybridized carbons (Fsp3) is 1.00. The molecule has 4 heteroatoms. The number of rotatable bonds is 3. The van der Waals surface area contributed by atoms with Gasteiger partial charge in [0.05, 0.1) is 0 Å². The van der Waals surface area contributed by atoms with Crippen LogP contribution < -0.4 is 5.32 Å². The SMILES string of the molecule is CC(C)(C)N1CCN(C2CCC3(CC2)CCN(CC2CCNCC2)CC3)CC1. The maximum absolute atomic E-state index is 3.51. The van der Waals surface area contributed by atoms with Crippen molar-refractivity contribution in [2.75, 3.05) is 58.9 Å². The van der Waals surface area contributed by atoms with E-state index in [2.05, 4.69) is 40.8 Å². The van der Waals surface area contributed by atoms with Crippen LogP contribution in [0.25, 0.3) is 0 Å². The molecule has 1 spiro atoms. The Bertz CT molecular complexity index is 467. The van der Waals surface area contributed by atoms with E-state index in [-0.39, 0.29) is 0 Å². The number of nitrogens with one attached hydrogen (secondary N) is 1. The minimum Gasteiger partial charge on any atom is -0.317 e. The molecule has 162 valence electrons. The molecule has 4 fully saturated rings. The summed E-state index contributed by atoms with van der Waals surface area (Å²) in [6, 6.07) is 0.875. The van der Waals surface area contributed by atoms with Gasteiger partial charge in [0.15, 0.2) is 0 Å². The highest BCUT2D eigenvalue weighted by Gasteiger charge is 2.40. The van der Waals surface area contributed by atoms with Crippen LogP contribution in [0.4, 0.5) is 0 Å². The van der Waals surface area contributed by atoms with Crippen molar-refractivity contribution in [3.05, 3.63) is 0 Å². The van der Waals surface area contributed by atoms with Gasteiger partial charge >= 0.3 is 0 Å². The molecule has 0 radical (unpaired) electrons. The highest BCUT2D eigenvalue weighted by atomic mass is 15.3. The van der Waals surface area contributed by atoms with Gasteiger partial charge in [-0.15, -0.1) is 0 Å². The number of piperazine rings is 1. The highest BCUT2D eigenvalue weighted by Crippen LogP contribution is 2.45. The van der Waals surface area contributed by atoms with Crippen LogP contribution in [0.15, 0.2) is 0 Å². The molecule has 1 saturated carbocycles. The molecule has 4 aliphatic rings. The molecule has 28 heavy (non-hydrogen) atoms. The molecular weight excluding hydrogens is 344 g/mol. The van der Waals surface area contributed by atoms with Crippen LogP contribution in [0.3, 0.4) is 0 Å². The van der Waals surface area contributed by atoms with E-state index >= 15 is 0 Å². The van der Waals surface area contributed by atoms with Crippen molar-refractivity contribution in [3.8, 4) is 0 Å². The first-order chi connectivity index (χ1) is 13.4. The van der Waals surface area contributed by atoms with Crippen LogP contribution in [-0.4, -0.2) is 85.2 Å². The lowest BCUT2D eigenvalue weighted by Gasteiger charge is -2.50. The molecule has 0 atom stereocenters. The Morgan fingerprint density at radius 1 is 0.786 bits per heavy atom. The van der Waals surface area contributed by atoms with Crippen LogP contribution in [0, 0.1) is 11.3 Å². The topological polar surface area (TPSA) is 21.8 Å². The summed E-state index contributed by atoms with van der Waals surface area (Å²) in [6.07, 6.45) is 11.7. The largest absolute Gasteiger partial charge is 0.317 e. The van der Waals surface area contributed by atoms with Crippen molar-refractivity contribution in [3.63, 3.8) is 0 Å². The van der Waals surface area contributed by atoms with Crippen molar-refractivity contribution in [2.24, 2.45) is 11.3 Å². The molecule has 1 N–H and O–H groups in total. The van der Waals surface area contributed by atoms with E-state index in [1.807, 2.05) is 0 Å². The monoisotopic (exact) mass is 390 g/mol. The average Bonchev–Trinajstić information content (AvgIpc) is 2.71. The molecule has 3 aliphatic heterocycles.